The molecule has 0 bridgehead atoms. The van der Waals surface area contributed by atoms with Crippen molar-refractivity contribution in [1.82, 2.24) is 9.88 Å². The normalized spacial score (nSPS) is 24.5. The quantitative estimate of drug-likeness (QED) is 0.894. The van der Waals surface area contributed by atoms with Crippen LogP contribution in [0.25, 0.3) is 10.9 Å². The fourth-order valence-electron chi connectivity index (χ4n) is 2.90. The van der Waals surface area contributed by atoms with Crippen LogP contribution in [0, 0.1) is 5.92 Å². The Labute approximate surface area is 114 Å². The lowest BCUT2D eigenvalue weighted by Crippen LogP contribution is -2.43. The van der Waals surface area contributed by atoms with Crippen LogP contribution >= 0.6 is 0 Å². The highest BCUT2D eigenvalue weighted by atomic mass is 15.1. The summed E-state index contributed by atoms with van der Waals surface area (Å²) < 4.78 is 0. The summed E-state index contributed by atoms with van der Waals surface area (Å²) in [6.07, 6.45) is 1.19. The topological polar surface area (TPSA) is 28.2 Å². The molecule has 2 atom stereocenters. The number of rotatable bonds is 2. The molecule has 0 saturated carbocycles. The lowest BCUT2D eigenvalue weighted by molar-refractivity contribution is 0.206. The van der Waals surface area contributed by atoms with E-state index in [1.54, 1.807) is 0 Å². The average Bonchev–Trinajstić information content (AvgIpc) is 2.42. The van der Waals surface area contributed by atoms with Gasteiger partial charge in [0.15, 0.2) is 0 Å². The molecule has 0 amide bonds. The SMILES string of the molecule is CC1CN(C)CCC1Nc1ccc2ccccc2n1. The Hall–Kier alpha value is -1.61. The van der Waals surface area contributed by atoms with Crippen LogP contribution in [0.4, 0.5) is 5.82 Å². The van der Waals surface area contributed by atoms with Gasteiger partial charge < -0.3 is 10.2 Å². The summed E-state index contributed by atoms with van der Waals surface area (Å²) in [5.74, 6) is 1.66. The summed E-state index contributed by atoms with van der Waals surface area (Å²) >= 11 is 0. The molecule has 3 heteroatoms. The number of hydrogen-bond donors (Lipinski definition) is 1. The minimum absolute atomic E-state index is 0.532. The van der Waals surface area contributed by atoms with E-state index in [1.807, 2.05) is 6.07 Å². The molecule has 1 fully saturated rings. The monoisotopic (exact) mass is 255 g/mol. The number of anilines is 1. The summed E-state index contributed by atoms with van der Waals surface area (Å²) in [6, 6.07) is 13.0. The molecule has 1 N–H and O–H groups in total. The van der Waals surface area contributed by atoms with Gasteiger partial charge in [0.05, 0.1) is 5.52 Å². The number of fused-ring (bicyclic) bond motifs is 1. The smallest absolute Gasteiger partial charge is 0.126 e. The molecule has 100 valence electrons. The molecular formula is C16H21N3. The van der Waals surface area contributed by atoms with Crippen molar-refractivity contribution >= 4 is 16.7 Å². The van der Waals surface area contributed by atoms with Crippen molar-refractivity contribution in [3.63, 3.8) is 0 Å². The standard InChI is InChI=1S/C16H21N3/c1-12-11-19(2)10-9-14(12)17-16-8-7-13-5-3-4-6-15(13)18-16/h3-8,12,14H,9-11H2,1-2H3,(H,17,18). The summed E-state index contributed by atoms with van der Waals surface area (Å²) in [6.45, 7) is 4.63. The van der Waals surface area contributed by atoms with E-state index in [2.05, 4.69) is 54.5 Å². The third kappa shape index (κ3) is 2.71. The van der Waals surface area contributed by atoms with Crippen LogP contribution in [-0.4, -0.2) is 36.1 Å². The molecule has 1 aliphatic heterocycles. The van der Waals surface area contributed by atoms with Crippen LogP contribution in [0.1, 0.15) is 13.3 Å². The van der Waals surface area contributed by atoms with E-state index in [0.29, 0.717) is 12.0 Å². The maximum Gasteiger partial charge on any atom is 0.126 e. The predicted molar refractivity (Wildman–Crippen MR) is 80.4 cm³/mol. The Morgan fingerprint density at radius 3 is 2.89 bits per heavy atom. The van der Waals surface area contributed by atoms with Gasteiger partial charge in [-0.05, 0) is 44.1 Å². The molecule has 2 heterocycles. The van der Waals surface area contributed by atoms with Gasteiger partial charge in [0.2, 0.25) is 0 Å². The molecule has 0 spiro atoms. The Kier molecular flexibility index (Phi) is 3.38. The summed E-state index contributed by atoms with van der Waals surface area (Å²) in [5, 5.41) is 4.80. The van der Waals surface area contributed by atoms with Crippen LogP contribution in [-0.2, 0) is 0 Å². The number of likely N-dealkylation sites (tertiary alicyclic amines) is 1. The van der Waals surface area contributed by atoms with Gasteiger partial charge in [0.25, 0.3) is 0 Å². The Bertz CT molecular complexity index is 567. The zero-order chi connectivity index (χ0) is 13.2. The molecule has 3 rings (SSSR count). The van der Waals surface area contributed by atoms with E-state index in [1.165, 1.54) is 11.8 Å². The van der Waals surface area contributed by atoms with Crippen LogP contribution in [0.5, 0.6) is 0 Å². The zero-order valence-corrected chi connectivity index (χ0v) is 11.6. The minimum atomic E-state index is 0.532. The van der Waals surface area contributed by atoms with Crippen molar-refractivity contribution in [1.29, 1.82) is 0 Å². The van der Waals surface area contributed by atoms with E-state index in [0.717, 1.165) is 24.4 Å². The second-order valence-electron chi connectivity index (χ2n) is 5.67. The molecule has 1 aromatic carbocycles. The first-order valence-electron chi connectivity index (χ1n) is 7.03. The number of para-hydroxylation sites is 1. The summed E-state index contributed by atoms with van der Waals surface area (Å²) in [5.41, 5.74) is 1.06. The molecule has 3 nitrogen and oxygen atoms in total. The lowest BCUT2D eigenvalue weighted by atomic mass is 9.94. The van der Waals surface area contributed by atoms with Crippen LogP contribution < -0.4 is 5.32 Å². The van der Waals surface area contributed by atoms with E-state index in [4.69, 9.17) is 4.98 Å². The number of benzene rings is 1. The van der Waals surface area contributed by atoms with Crippen molar-refractivity contribution < 1.29 is 0 Å². The average molecular weight is 255 g/mol. The van der Waals surface area contributed by atoms with Crippen molar-refractivity contribution in [3.8, 4) is 0 Å². The van der Waals surface area contributed by atoms with Crippen molar-refractivity contribution in [2.45, 2.75) is 19.4 Å². The molecule has 1 aromatic heterocycles. The lowest BCUT2D eigenvalue weighted by Gasteiger charge is -2.35. The third-order valence-corrected chi connectivity index (χ3v) is 4.04. The van der Waals surface area contributed by atoms with Gasteiger partial charge in [0, 0.05) is 18.0 Å². The zero-order valence-electron chi connectivity index (χ0n) is 11.6. The van der Waals surface area contributed by atoms with Gasteiger partial charge in [-0.2, -0.15) is 0 Å². The first-order chi connectivity index (χ1) is 9.22. The van der Waals surface area contributed by atoms with Crippen molar-refractivity contribution in [3.05, 3.63) is 36.4 Å². The van der Waals surface area contributed by atoms with Gasteiger partial charge in [-0.25, -0.2) is 4.98 Å². The Morgan fingerprint density at radius 1 is 1.21 bits per heavy atom. The molecule has 1 saturated heterocycles. The maximum atomic E-state index is 4.70. The fourth-order valence-corrected chi connectivity index (χ4v) is 2.90. The summed E-state index contributed by atoms with van der Waals surface area (Å²) in [4.78, 5) is 7.10. The van der Waals surface area contributed by atoms with Gasteiger partial charge in [-0.1, -0.05) is 25.1 Å². The molecular weight excluding hydrogens is 234 g/mol. The van der Waals surface area contributed by atoms with Crippen molar-refractivity contribution in [2.24, 2.45) is 5.92 Å². The van der Waals surface area contributed by atoms with Crippen LogP contribution in [0.2, 0.25) is 0 Å². The Balaban J connectivity index is 1.77. The maximum absolute atomic E-state index is 4.70. The second-order valence-corrected chi connectivity index (χ2v) is 5.67. The largest absolute Gasteiger partial charge is 0.367 e. The van der Waals surface area contributed by atoms with E-state index >= 15 is 0 Å². The highest BCUT2D eigenvalue weighted by Crippen LogP contribution is 2.21. The first kappa shape index (κ1) is 12.4. The van der Waals surface area contributed by atoms with Gasteiger partial charge in [-0.15, -0.1) is 0 Å². The third-order valence-electron chi connectivity index (χ3n) is 4.04. The molecule has 0 radical (unpaired) electrons. The number of nitrogens with zero attached hydrogens (tertiary/aromatic N) is 2. The number of aromatic nitrogens is 1. The molecule has 0 aliphatic carbocycles. The molecule has 1 aliphatic rings. The summed E-state index contributed by atoms with van der Waals surface area (Å²) in [7, 11) is 2.20. The van der Waals surface area contributed by atoms with E-state index < -0.39 is 0 Å². The van der Waals surface area contributed by atoms with Gasteiger partial charge >= 0.3 is 0 Å². The highest BCUT2D eigenvalue weighted by molar-refractivity contribution is 5.80. The predicted octanol–water partition coefficient (Wildman–Crippen LogP) is 2.99. The van der Waals surface area contributed by atoms with Gasteiger partial charge in [0.1, 0.15) is 5.82 Å². The Morgan fingerprint density at radius 2 is 2.05 bits per heavy atom. The highest BCUT2D eigenvalue weighted by Gasteiger charge is 2.24. The molecule has 19 heavy (non-hydrogen) atoms. The fraction of sp³-hybridized carbons (Fsp3) is 0.438. The molecule has 2 aromatic rings. The van der Waals surface area contributed by atoms with Crippen molar-refractivity contribution in [2.75, 3.05) is 25.5 Å². The minimum Gasteiger partial charge on any atom is -0.367 e. The van der Waals surface area contributed by atoms with E-state index in [9.17, 15) is 0 Å². The first-order valence-corrected chi connectivity index (χ1v) is 7.03. The molecule has 2 unspecified atom stereocenters. The van der Waals surface area contributed by atoms with Crippen LogP contribution in [0.3, 0.4) is 0 Å². The van der Waals surface area contributed by atoms with E-state index in [-0.39, 0.29) is 0 Å². The van der Waals surface area contributed by atoms with Gasteiger partial charge in [-0.3, -0.25) is 0 Å². The number of piperidine rings is 1. The van der Waals surface area contributed by atoms with Crippen LogP contribution in [0.15, 0.2) is 36.4 Å². The number of nitrogens with one attached hydrogen (secondary N) is 1. The second kappa shape index (κ2) is 5.17. The number of pyridine rings is 1. The number of hydrogen-bond acceptors (Lipinski definition) is 3.